The molecule has 0 unspecified atom stereocenters. The molecule has 1 saturated heterocycles. The van der Waals surface area contributed by atoms with E-state index in [-0.39, 0.29) is 5.92 Å². The van der Waals surface area contributed by atoms with Crippen molar-refractivity contribution < 1.29 is 9.53 Å². The van der Waals surface area contributed by atoms with Crippen LogP contribution in [0.3, 0.4) is 0 Å². The summed E-state index contributed by atoms with van der Waals surface area (Å²) in [6, 6.07) is 6.03. The van der Waals surface area contributed by atoms with Gasteiger partial charge in [-0.1, -0.05) is 22.0 Å². The average Bonchev–Trinajstić information content (AvgIpc) is 2.48. The largest absolute Gasteiger partial charge is 0.493 e. The van der Waals surface area contributed by atoms with E-state index in [0.29, 0.717) is 0 Å². The van der Waals surface area contributed by atoms with Crippen LogP contribution in [0.4, 0.5) is 0 Å². The molecule has 1 aromatic carbocycles. The zero-order valence-electron chi connectivity index (χ0n) is 12.0. The van der Waals surface area contributed by atoms with Crippen LogP contribution in [0.5, 0.6) is 5.75 Å². The molecule has 1 fully saturated rings. The summed E-state index contributed by atoms with van der Waals surface area (Å²) in [5.74, 6) is 1.24. The van der Waals surface area contributed by atoms with Crippen LogP contribution in [0.15, 0.2) is 22.7 Å². The number of hydrogen-bond donors (Lipinski definition) is 0. The molecule has 20 heavy (non-hydrogen) atoms. The first-order chi connectivity index (χ1) is 9.70. The van der Waals surface area contributed by atoms with Gasteiger partial charge >= 0.3 is 0 Å². The highest BCUT2D eigenvalue weighted by molar-refractivity contribution is 9.10. The monoisotopic (exact) mass is 339 g/mol. The molecular weight excluding hydrogens is 318 g/mol. The predicted octanol–water partition coefficient (Wildman–Crippen LogP) is 3.44. The Hall–Kier alpha value is -0.870. The van der Waals surface area contributed by atoms with Gasteiger partial charge in [-0.2, -0.15) is 0 Å². The second kappa shape index (κ2) is 7.79. The van der Waals surface area contributed by atoms with Crippen molar-refractivity contribution in [2.45, 2.75) is 26.2 Å². The molecule has 2 rings (SSSR count). The number of halogens is 1. The lowest BCUT2D eigenvalue weighted by atomic mass is 9.98. The second-order valence-corrected chi connectivity index (χ2v) is 6.23. The number of rotatable bonds is 6. The van der Waals surface area contributed by atoms with Gasteiger partial charge in [-0.3, -0.25) is 0 Å². The third-order valence-corrected chi connectivity index (χ3v) is 4.78. The number of likely N-dealkylation sites (tertiary alicyclic amines) is 1. The Morgan fingerprint density at radius 2 is 2.15 bits per heavy atom. The summed E-state index contributed by atoms with van der Waals surface area (Å²) < 4.78 is 6.93. The summed E-state index contributed by atoms with van der Waals surface area (Å²) in [4.78, 5) is 13.1. The first-order valence-electron chi connectivity index (χ1n) is 7.26. The molecule has 0 bridgehead atoms. The van der Waals surface area contributed by atoms with Crippen molar-refractivity contribution in [1.29, 1.82) is 0 Å². The van der Waals surface area contributed by atoms with Crippen LogP contribution in [-0.4, -0.2) is 37.4 Å². The topological polar surface area (TPSA) is 29.5 Å². The van der Waals surface area contributed by atoms with E-state index in [2.05, 4.69) is 27.8 Å². The van der Waals surface area contributed by atoms with E-state index in [9.17, 15) is 4.79 Å². The van der Waals surface area contributed by atoms with Crippen LogP contribution in [0, 0.1) is 12.8 Å². The maximum absolute atomic E-state index is 10.7. The SMILES string of the molecule is Cc1c(Br)cccc1OCCCN1CCC(C=O)CC1. The average molecular weight is 340 g/mol. The highest BCUT2D eigenvalue weighted by atomic mass is 79.9. The molecule has 1 heterocycles. The minimum absolute atomic E-state index is 0.284. The fourth-order valence-electron chi connectivity index (χ4n) is 2.53. The van der Waals surface area contributed by atoms with Crippen LogP contribution >= 0.6 is 15.9 Å². The van der Waals surface area contributed by atoms with E-state index < -0.39 is 0 Å². The molecule has 0 atom stereocenters. The summed E-state index contributed by atoms with van der Waals surface area (Å²) in [7, 11) is 0. The van der Waals surface area contributed by atoms with Gasteiger partial charge in [0.2, 0.25) is 0 Å². The van der Waals surface area contributed by atoms with E-state index in [0.717, 1.165) is 67.6 Å². The van der Waals surface area contributed by atoms with Gasteiger partial charge < -0.3 is 14.4 Å². The van der Waals surface area contributed by atoms with Gasteiger partial charge in [-0.05, 0) is 51.4 Å². The third-order valence-electron chi connectivity index (χ3n) is 3.92. The molecule has 0 amide bonds. The summed E-state index contributed by atoms with van der Waals surface area (Å²) >= 11 is 3.51. The second-order valence-electron chi connectivity index (χ2n) is 5.38. The van der Waals surface area contributed by atoms with E-state index in [4.69, 9.17) is 4.74 Å². The fraction of sp³-hybridized carbons (Fsp3) is 0.562. The van der Waals surface area contributed by atoms with Gasteiger partial charge in [0.05, 0.1) is 6.61 Å². The lowest BCUT2D eigenvalue weighted by Gasteiger charge is -2.29. The highest BCUT2D eigenvalue weighted by Gasteiger charge is 2.17. The number of benzene rings is 1. The van der Waals surface area contributed by atoms with Crippen LogP contribution in [-0.2, 0) is 4.79 Å². The molecule has 110 valence electrons. The van der Waals surface area contributed by atoms with E-state index in [1.54, 1.807) is 0 Å². The van der Waals surface area contributed by atoms with Crippen molar-refractivity contribution in [3.05, 3.63) is 28.2 Å². The van der Waals surface area contributed by atoms with Gasteiger partial charge in [-0.15, -0.1) is 0 Å². The molecule has 3 nitrogen and oxygen atoms in total. The van der Waals surface area contributed by atoms with E-state index in [1.807, 2.05) is 18.2 Å². The molecule has 1 aliphatic heterocycles. The van der Waals surface area contributed by atoms with Crippen LogP contribution in [0.25, 0.3) is 0 Å². The molecule has 1 aliphatic rings. The molecule has 0 spiro atoms. The van der Waals surface area contributed by atoms with Crippen molar-refractivity contribution in [3.8, 4) is 5.75 Å². The third kappa shape index (κ3) is 4.32. The lowest BCUT2D eigenvalue weighted by Crippen LogP contribution is -2.35. The Labute approximate surface area is 129 Å². The Balaban J connectivity index is 1.67. The van der Waals surface area contributed by atoms with E-state index >= 15 is 0 Å². The Morgan fingerprint density at radius 1 is 1.40 bits per heavy atom. The van der Waals surface area contributed by atoms with Crippen LogP contribution in [0.1, 0.15) is 24.8 Å². The van der Waals surface area contributed by atoms with Crippen molar-refractivity contribution in [1.82, 2.24) is 4.90 Å². The number of carbonyl (C=O) groups excluding carboxylic acids is 1. The number of carbonyl (C=O) groups is 1. The molecular formula is C16H22BrNO2. The summed E-state index contributed by atoms with van der Waals surface area (Å²) in [6.07, 6.45) is 4.15. The lowest BCUT2D eigenvalue weighted by molar-refractivity contribution is -0.112. The Bertz CT molecular complexity index is 442. The molecule has 0 saturated carbocycles. The van der Waals surface area contributed by atoms with Crippen molar-refractivity contribution >= 4 is 22.2 Å². The fourth-order valence-corrected chi connectivity index (χ4v) is 2.87. The zero-order valence-corrected chi connectivity index (χ0v) is 13.6. The molecule has 4 heteroatoms. The van der Waals surface area contributed by atoms with Crippen molar-refractivity contribution in [2.24, 2.45) is 5.92 Å². The molecule has 0 aliphatic carbocycles. The molecule has 0 N–H and O–H groups in total. The maximum Gasteiger partial charge on any atom is 0.123 e. The minimum atomic E-state index is 0.284. The van der Waals surface area contributed by atoms with Gasteiger partial charge in [0.1, 0.15) is 12.0 Å². The first-order valence-corrected chi connectivity index (χ1v) is 8.05. The van der Waals surface area contributed by atoms with E-state index in [1.165, 1.54) is 0 Å². The van der Waals surface area contributed by atoms with Crippen molar-refractivity contribution in [3.63, 3.8) is 0 Å². The van der Waals surface area contributed by atoms with Gasteiger partial charge in [0, 0.05) is 22.5 Å². The van der Waals surface area contributed by atoms with Gasteiger partial charge in [-0.25, -0.2) is 0 Å². The van der Waals surface area contributed by atoms with Gasteiger partial charge in [0.25, 0.3) is 0 Å². The molecule has 0 radical (unpaired) electrons. The molecule has 1 aromatic rings. The number of hydrogen-bond acceptors (Lipinski definition) is 3. The first kappa shape index (κ1) is 15.5. The predicted molar refractivity (Wildman–Crippen MR) is 84.2 cm³/mol. The summed E-state index contributed by atoms with van der Waals surface area (Å²) in [5, 5.41) is 0. The smallest absolute Gasteiger partial charge is 0.123 e. The van der Waals surface area contributed by atoms with Crippen LogP contribution in [0.2, 0.25) is 0 Å². The number of nitrogens with zero attached hydrogens (tertiary/aromatic N) is 1. The number of aldehydes is 1. The number of ether oxygens (including phenoxy) is 1. The molecule has 0 aromatic heterocycles. The zero-order chi connectivity index (χ0) is 14.4. The Kier molecular flexibility index (Phi) is 6.05. The van der Waals surface area contributed by atoms with Crippen molar-refractivity contribution in [2.75, 3.05) is 26.2 Å². The minimum Gasteiger partial charge on any atom is -0.493 e. The maximum atomic E-state index is 10.7. The summed E-state index contributed by atoms with van der Waals surface area (Å²) in [5.41, 5.74) is 1.15. The highest BCUT2D eigenvalue weighted by Crippen LogP contribution is 2.25. The quantitative estimate of drug-likeness (QED) is 0.587. The van der Waals surface area contributed by atoms with Crippen LogP contribution < -0.4 is 4.74 Å². The summed E-state index contributed by atoms with van der Waals surface area (Å²) in [6.45, 7) is 5.94. The normalized spacial score (nSPS) is 17.1. The van der Waals surface area contributed by atoms with Gasteiger partial charge in [0.15, 0.2) is 0 Å². The number of piperidine rings is 1. The Morgan fingerprint density at radius 3 is 2.85 bits per heavy atom. The standard InChI is InChI=1S/C16H22BrNO2/c1-13-15(17)4-2-5-16(13)20-11-3-8-18-9-6-14(12-19)7-10-18/h2,4-5,12,14H,3,6-11H2,1H3.